The van der Waals surface area contributed by atoms with Crippen molar-refractivity contribution < 1.29 is 23.8 Å². The minimum Gasteiger partial charge on any atom is -0.493 e. The number of methoxy groups -OCH3 is 3. The summed E-state index contributed by atoms with van der Waals surface area (Å²) in [5.41, 5.74) is 2.80. The predicted octanol–water partition coefficient (Wildman–Crippen LogP) is 2.91. The Hall–Kier alpha value is -3.79. The number of amides is 2. The largest absolute Gasteiger partial charge is 0.493 e. The molecule has 2 heterocycles. The molecule has 0 atom stereocenters. The number of anilines is 1. The normalized spacial score (nSPS) is 14.1. The Balaban J connectivity index is 1.48. The SMILES string of the molecule is CCC(=O)N1CCN(Cc2nc3cc(NC(=O)c4cc(OC)c(OC)c(OC)c4)ccc3n2C)CC1. The molecule has 0 saturated carbocycles. The average Bonchev–Trinajstić information content (AvgIpc) is 3.21. The monoisotopic (exact) mass is 495 g/mol. The smallest absolute Gasteiger partial charge is 0.255 e. The second kappa shape index (κ2) is 10.9. The first kappa shape index (κ1) is 25.3. The van der Waals surface area contributed by atoms with Crippen LogP contribution in [0.4, 0.5) is 5.69 Å². The first-order chi connectivity index (χ1) is 17.4. The summed E-state index contributed by atoms with van der Waals surface area (Å²) in [4.78, 5) is 34.0. The molecule has 2 aromatic carbocycles. The zero-order valence-corrected chi connectivity index (χ0v) is 21.5. The summed E-state index contributed by atoms with van der Waals surface area (Å²) in [6.07, 6.45) is 0.545. The number of piperazine rings is 1. The fraction of sp³-hybridized carbons (Fsp3) is 0.423. The van der Waals surface area contributed by atoms with Gasteiger partial charge < -0.3 is 29.0 Å². The summed E-state index contributed by atoms with van der Waals surface area (Å²) in [5, 5.41) is 2.93. The van der Waals surface area contributed by atoms with Gasteiger partial charge in [-0.2, -0.15) is 0 Å². The zero-order valence-electron chi connectivity index (χ0n) is 21.5. The van der Waals surface area contributed by atoms with Crippen LogP contribution in [0.1, 0.15) is 29.5 Å². The number of carbonyl (C=O) groups is 2. The van der Waals surface area contributed by atoms with Gasteiger partial charge in [0.2, 0.25) is 11.7 Å². The quantitative estimate of drug-likeness (QED) is 0.513. The molecule has 4 rings (SSSR count). The van der Waals surface area contributed by atoms with Crippen molar-refractivity contribution in [1.29, 1.82) is 0 Å². The van der Waals surface area contributed by atoms with Gasteiger partial charge in [-0.1, -0.05) is 6.92 Å². The number of nitrogens with one attached hydrogen (secondary N) is 1. The minimum atomic E-state index is -0.302. The molecule has 10 nitrogen and oxygen atoms in total. The summed E-state index contributed by atoms with van der Waals surface area (Å²) in [7, 11) is 6.53. The molecule has 1 fully saturated rings. The minimum absolute atomic E-state index is 0.207. The van der Waals surface area contributed by atoms with E-state index in [9.17, 15) is 9.59 Å². The van der Waals surface area contributed by atoms with Crippen molar-refractivity contribution in [2.24, 2.45) is 7.05 Å². The molecule has 0 aliphatic carbocycles. The number of benzene rings is 2. The lowest BCUT2D eigenvalue weighted by atomic mass is 10.1. The van der Waals surface area contributed by atoms with E-state index in [0.29, 0.717) is 41.5 Å². The number of hydrogen-bond acceptors (Lipinski definition) is 7. The molecule has 3 aromatic rings. The molecular weight excluding hydrogens is 462 g/mol. The number of rotatable bonds is 8. The Morgan fingerprint density at radius 1 is 0.972 bits per heavy atom. The van der Waals surface area contributed by atoms with Crippen molar-refractivity contribution in [2.45, 2.75) is 19.9 Å². The van der Waals surface area contributed by atoms with E-state index >= 15 is 0 Å². The molecule has 10 heteroatoms. The number of imidazole rings is 1. The first-order valence-electron chi connectivity index (χ1n) is 11.9. The van der Waals surface area contributed by atoms with Crippen LogP contribution >= 0.6 is 0 Å². The average molecular weight is 496 g/mol. The first-order valence-corrected chi connectivity index (χ1v) is 11.9. The van der Waals surface area contributed by atoms with Gasteiger partial charge in [0.15, 0.2) is 11.5 Å². The maximum atomic E-state index is 13.0. The van der Waals surface area contributed by atoms with Crippen molar-refractivity contribution in [2.75, 3.05) is 52.8 Å². The topological polar surface area (TPSA) is 98.2 Å². The van der Waals surface area contributed by atoms with Crippen LogP contribution in [0.3, 0.4) is 0 Å². The number of carbonyl (C=O) groups excluding carboxylic acids is 2. The highest BCUT2D eigenvalue weighted by atomic mass is 16.5. The molecule has 1 saturated heterocycles. The second-order valence-corrected chi connectivity index (χ2v) is 8.67. The van der Waals surface area contributed by atoms with Gasteiger partial charge in [-0.15, -0.1) is 0 Å². The number of fused-ring (bicyclic) bond motifs is 1. The standard InChI is InChI=1S/C26H33N5O5/c1-6-24(32)31-11-9-30(10-12-31)16-23-28-19-15-18(7-8-20(19)29(23)2)27-26(33)17-13-21(34-3)25(36-5)22(14-17)35-4/h7-8,13-15H,6,9-12,16H2,1-5H3,(H,27,33). The van der Waals surface area contributed by atoms with Crippen LogP contribution in [0.2, 0.25) is 0 Å². The molecule has 0 spiro atoms. The van der Waals surface area contributed by atoms with Crippen LogP contribution in [0.5, 0.6) is 17.2 Å². The van der Waals surface area contributed by atoms with Crippen LogP contribution in [-0.2, 0) is 18.4 Å². The fourth-order valence-corrected chi connectivity index (χ4v) is 4.46. The lowest BCUT2D eigenvalue weighted by Crippen LogP contribution is -2.48. The lowest BCUT2D eigenvalue weighted by Gasteiger charge is -2.34. The van der Waals surface area contributed by atoms with E-state index in [1.54, 1.807) is 12.1 Å². The number of aromatic nitrogens is 2. The Bertz CT molecular complexity index is 1240. The van der Waals surface area contributed by atoms with Gasteiger partial charge in [-0.3, -0.25) is 14.5 Å². The van der Waals surface area contributed by atoms with Crippen molar-refractivity contribution in [3.63, 3.8) is 0 Å². The molecule has 2 amide bonds. The summed E-state index contributed by atoms with van der Waals surface area (Å²) < 4.78 is 18.1. The van der Waals surface area contributed by atoms with Crippen LogP contribution in [0, 0.1) is 0 Å². The maximum Gasteiger partial charge on any atom is 0.255 e. The van der Waals surface area contributed by atoms with E-state index in [1.165, 1.54) is 21.3 Å². The number of aryl methyl sites for hydroxylation is 1. The Morgan fingerprint density at radius 2 is 1.64 bits per heavy atom. The van der Waals surface area contributed by atoms with E-state index in [0.717, 1.165) is 43.0 Å². The number of nitrogens with zero attached hydrogens (tertiary/aromatic N) is 4. The van der Waals surface area contributed by atoms with E-state index in [2.05, 4.69) is 14.8 Å². The Labute approximate surface area is 210 Å². The highest BCUT2D eigenvalue weighted by molar-refractivity contribution is 6.05. The molecule has 1 N–H and O–H groups in total. The third kappa shape index (κ3) is 5.08. The van der Waals surface area contributed by atoms with Gasteiger partial charge in [0.1, 0.15) is 5.82 Å². The molecule has 0 bridgehead atoms. The van der Waals surface area contributed by atoms with Crippen molar-refractivity contribution in [3.8, 4) is 17.2 Å². The van der Waals surface area contributed by atoms with E-state index < -0.39 is 0 Å². The van der Waals surface area contributed by atoms with E-state index in [4.69, 9.17) is 19.2 Å². The van der Waals surface area contributed by atoms with Gasteiger partial charge in [0.05, 0.1) is 38.9 Å². The molecule has 36 heavy (non-hydrogen) atoms. The van der Waals surface area contributed by atoms with E-state index in [-0.39, 0.29) is 11.8 Å². The van der Waals surface area contributed by atoms with Crippen molar-refractivity contribution in [1.82, 2.24) is 19.4 Å². The molecule has 192 valence electrons. The fourth-order valence-electron chi connectivity index (χ4n) is 4.46. The maximum absolute atomic E-state index is 13.0. The summed E-state index contributed by atoms with van der Waals surface area (Å²) in [5.74, 6) is 2.09. The predicted molar refractivity (Wildman–Crippen MR) is 137 cm³/mol. The Kier molecular flexibility index (Phi) is 7.64. The Morgan fingerprint density at radius 3 is 2.22 bits per heavy atom. The van der Waals surface area contributed by atoms with Gasteiger partial charge in [-0.05, 0) is 30.3 Å². The second-order valence-electron chi connectivity index (χ2n) is 8.67. The molecule has 0 unspecified atom stereocenters. The lowest BCUT2D eigenvalue weighted by molar-refractivity contribution is -0.132. The molecule has 1 aliphatic rings. The van der Waals surface area contributed by atoms with E-state index in [1.807, 2.05) is 37.1 Å². The molecular formula is C26H33N5O5. The van der Waals surface area contributed by atoms with Crippen LogP contribution in [0.15, 0.2) is 30.3 Å². The molecule has 1 aliphatic heterocycles. The van der Waals surface area contributed by atoms with Gasteiger partial charge in [0.25, 0.3) is 5.91 Å². The highest BCUT2D eigenvalue weighted by Crippen LogP contribution is 2.38. The summed E-state index contributed by atoms with van der Waals surface area (Å²) in [6, 6.07) is 8.91. The third-order valence-electron chi connectivity index (χ3n) is 6.55. The van der Waals surface area contributed by atoms with Crippen molar-refractivity contribution in [3.05, 3.63) is 41.7 Å². The zero-order chi connectivity index (χ0) is 25.8. The van der Waals surface area contributed by atoms with Crippen LogP contribution < -0.4 is 19.5 Å². The van der Waals surface area contributed by atoms with Gasteiger partial charge >= 0.3 is 0 Å². The highest BCUT2D eigenvalue weighted by Gasteiger charge is 2.22. The van der Waals surface area contributed by atoms with Gasteiger partial charge in [-0.25, -0.2) is 4.98 Å². The summed E-state index contributed by atoms with van der Waals surface area (Å²) >= 11 is 0. The van der Waals surface area contributed by atoms with Crippen LogP contribution in [-0.4, -0.2) is 78.7 Å². The molecule has 0 radical (unpaired) electrons. The van der Waals surface area contributed by atoms with Crippen LogP contribution in [0.25, 0.3) is 11.0 Å². The van der Waals surface area contributed by atoms with Crippen molar-refractivity contribution >= 4 is 28.5 Å². The molecule has 1 aromatic heterocycles. The number of hydrogen-bond donors (Lipinski definition) is 1. The van der Waals surface area contributed by atoms with Gasteiger partial charge in [0, 0.05) is 50.9 Å². The summed E-state index contributed by atoms with van der Waals surface area (Å²) in [6.45, 7) is 5.74. The third-order valence-corrected chi connectivity index (χ3v) is 6.55. The number of ether oxygens (including phenoxy) is 3.